The Labute approximate surface area is 151 Å². The number of carbonyl (C=O) groups excluding carboxylic acids is 1. The Balaban J connectivity index is 1.42. The summed E-state index contributed by atoms with van der Waals surface area (Å²) in [5, 5.41) is 18.2. The van der Waals surface area contributed by atoms with Crippen molar-refractivity contribution in [3.05, 3.63) is 47.7 Å². The number of aliphatic hydroxyl groups excluding tert-OH is 1. The number of aromatic amines is 1. The molecule has 1 amide bonds. The summed E-state index contributed by atoms with van der Waals surface area (Å²) in [5.74, 6) is 1.53. The van der Waals surface area contributed by atoms with Gasteiger partial charge in [-0.2, -0.15) is 5.10 Å². The summed E-state index contributed by atoms with van der Waals surface area (Å²) >= 11 is 0. The minimum atomic E-state index is -0.305. The van der Waals surface area contributed by atoms with Gasteiger partial charge in [-0.3, -0.25) is 4.79 Å². The summed E-state index contributed by atoms with van der Waals surface area (Å²) < 4.78 is 1.83. The first-order chi connectivity index (χ1) is 12.6. The van der Waals surface area contributed by atoms with Crippen molar-refractivity contribution in [2.75, 3.05) is 6.61 Å². The quantitative estimate of drug-likeness (QED) is 0.645. The number of benzene rings is 1. The Bertz CT molecular complexity index is 929. The molecule has 1 aromatic carbocycles. The van der Waals surface area contributed by atoms with Crippen molar-refractivity contribution in [2.24, 2.45) is 5.92 Å². The maximum atomic E-state index is 12.7. The van der Waals surface area contributed by atoms with E-state index in [2.05, 4.69) is 20.4 Å². The summed E-state index contributed by atoms with van der Waals surface area (Å²) in [5.41, 5.74) is 2.16. The van der Waals surface area contributed by atoms with Crippen molar-refractivity contribution in [1.29, 1.82) is 0 Å². The number of amides is 1. The van der Waals surface area contributed by atoms with Gasteiger partial charge in [0.2, 0.25) is 5.91 Å². The van der Waals surface area contributed by atoms with Gasteiger partial charge in [0.25, 0.3) is 0 Å². The second kappa shape index (κ2) is 6.92. The average molecular weight is 353 g/mol. The molecule has 7 nitrogen and oxygen atoms in total. The van der Waals surface area contributed by atoms with Crippen LogP contribution in [0.15, 0.2) is 30.5 Å². The van der Waals surface area contributed by atoms with E-state index in [-0.39, 0.29) is 24.5 Å². The van der Waals surface area contributed by atoms with Gasteiger partial charge in [-0.25, -0.2) is 9.67 Å². The third kappa shape index (κ3) is 3.22. The van der Waals surface area contributed by atoms with E-state index in [1.54, 1.807) is 0 Å². The third-order valence-corrected chi connectivity index (χ3v) is 5.04. The van der Waals surface area contributed by atoms with Gasteiger partial charge in [-0.05, 0) is 31.4 Å². The largest absolute Gasteiger partial charge is 0.394 e. The topological polar surface area (TPSA) is 95.8 Å². The van der Waals surface area contributed by atoms with Gasteiger partial charge in [0.05, 0.1) is 25.1 Å². The van der Waals surface area contributed by atoms with Crippen LogP contribution in [-0.2, 0) is 24.2 Å². The highest BCUT2D eigenvalue weighted by molar-refractivity contribution is 5.83. The van der Waals surface area contributed by atoms with Gasteiger partial charge in [-0.1, -0.05) is 18.2 Å². The fraction of sp³-hybridized carbons (Fsp3) is 0.421. The minimum Gasteiger partial charge on any atom is -0.394 e. The third-order valence-electron chi connectivity index (χ3n) is 5.04. The predicted molar refractivity (Wildman–Crippen MR) is 97.6 cm³/mol. The number of rotatable bonds is 5. The standard InChI is InChI=1S/C19H23N5O2/c1-12-21-18-7-6-13(10-24(18)23-12)19(26)22-15(11-25)8-14-9-20-17-5-3-2-4-16(14)17/h2-5,9,13,15,20,25H,6-8,10-11H2,1H3,(H,22,26). The monoisotopic (exact) mass is 353 g/mol. The van der Waals surface area contributed by atoms with Gasteiger partial charge >= 0.3 is 0 Å². The number of aliphatic hydroxyl groups is 1. The van der Waals surface area contributed by atoms with Crippen LogP contribution >= 0.6 is 0 Å². The highest BCUT2D eigenvalue weighted by Crippen LogP contribution is 2.21. The number of H-pyrrole nitrogens is 1. The molecule has 0 aliphatic carbocycles. The highest BCUT2D eigenvalue weighted by Gasteiger charge is 2.28. The summed E-state index contributed by atoms with van der Waals surface area (Å²) in [6.07, 6.45) is 4.05. The fourth-order valence-electron chi connectivity index (χ4n) is 3.69. The summed E-state index contributed by atoms with van der Waals surface area (Å²) in [4.78, 5) is 20.3. The molecule has 1 aliphatic rings. The summed E-state index contributed by atoms with van der Waals surface area (Å²) in [6, 6.07) is 7.74. The molecule has 136 valence electrons. The van der Waals surface area contributed by atoms with E-state index in [4.69, 9.17) is 0 Å². The molecule has 3 heterocycles. The van der Waals surface area contributed by atoms with Gasteiger partial charge in [-0.15, -0.1) is 0 Å². The molecule has 26 heavy (non-hydrogen) atoms. The van der Waals surface area contributed by atoms with Crippen LogP contribution in [0.5, 0.6) is 0 Å². The molecular weight excluding hydrogens is 330 g/mol. The Morgan fingerprint density at radius 1 is 1.46 bits per heavy atom. The SMILES string of the molecule is Cc1nc2n(n1)CC(C(=O)NC(CO)Cc1c[nH]c3ccccc13)CC2. The van der Waals surface area contributed by atoms with Crippen LogP contribution in [0.1, 0.15) is 23.6 Å². The van der Waals surface area contributed by atoms with Crippen LogP contribution in [0.2, 0.25) is 0 Å². The van der Waals surface area contributed by atoms with Crippen molar-refractivity contribution in [1.82, 2.24) is 25.1 Å². The van der Waals surface area contributed by atoms with Gasteiger partial charge < -0.3 is 15.4 Å². The molecule has 2 atom stereocenters. The van der Waals surface area contributed by atoms with E-state index in [0.29, 0.717) is 13.0 Å². The van der Waals surface area contributed by atoms with Crippen molar-refractivity contribution in [2.45, 2.75) is 38.8 Å². The molecule has 4 rings (SSSR count). The Hall–Kier alpha value is -2.67. The smallest absolute Gasteiger partial charge is 0.225 e. The van der Waals surface area contributed by atoms with Crippen LogP contribution in [0, 0.1) is 12.8 Å². The van der Waals surface area contributed by atoms with Crippen molar-refractivity contribution in [3.63, 3.8) is 0 Å². The molecule has 0 spiro atoms. The van der Waals surface area contributed by atoms with Crippen molar-refractivity contribution < 1.29 is 9.90 Å². The predicted octanol–water partition coefficient (Wildman–Crippen LogP) is 1.35. The Morgan fingerprint density at radius 2 is 2.31 bits per heavy atom. The normalized spacial score (nSPS) is 17.8. The number of carbonyl (C=O) groups is 1. The number of hydrogen-bond acceptors (Lipinski definition) is 4. The molecule has 1 aliphatic heterocycles. The van der Waals surface area contributed by atoms with Crippen LogP contribution in [0.3, 0.4) is 0 Å². The molecule has 2 aromatic heterocycles. The van der Waals surface area contributed by atoms with Crippen LogP contribution in [0.4, 0.5) is 0 Å². The lowest BCUT2D eigenvalue weighted by Crippen LogP contribution is -2.44. The van der Waals surface area contributed by atoms with E-state index in [9.17, 15) is 9.90 Å². The Kier molecular flexibility index (Phi) is 4.46. The molecule has 0 radical (unpaired) electrons. The maximum absolute atomic E-state index is 12.7. The van der Waals surface area contributed by atoms with Gasteiger partial charge in [0.15, 0.2) is 0 Å². The molecule has 3 N–H and O–H groups in total. The first kappa shape index (κ1) is 16.8. The number of hydrogen-bond donors (Lipinski definition) is 3. The van der Waals surface area contributed by atoms with Crippen LogP contribution in [0.25, 0.3) is 10.9 Å². The van der Waals surface area contributed by atoms with Crippen molar-refractivity contribution in [3.8, 4) is 0 Å². The van der Waals surface area contributed by atoms with E-state index in [0.717, 1.165) is 41.0 Å². The molecule has 3 aromatic rings. The fourth-order valence-corrected chi connectivity index (χ4v) is 3.69. The summed E-state index contributed by atoms with van der Waals surface area (Å²) in [7, 11) is 0. The molecule has 2 unspecified atom stereocenters. The number of aromatic nitrogens is 4. The number of aryl methyl sites for hydroxylation is 2. The maximum Gasteiger partial charge on any atom is 0.225 e. The number of nitrogens with zero attached hydrogens (tertiary/aromatic N) is 3. The number of nitrogens with one attached hydrogen (secondary N) is 2. The van der Waals surface area contributed by atoms with E-state index in [1.807, 2.05) is 42.1 Å². The zero-order chi connectivity index (χ0) is 18.1. The molecular formula is C19H23N5O2. The van der Waals surface area contributed by atoms with Gasteiger partial charge in [0, 0.05) is 23.5 Å². The second-order valence-electron chi connectivity index (χ2n) is 6.94. The lowest BCUT2D eigenvalue weighted by molar-refractivity contribution is -0.127. The van der Waals surface area contributed by atoms with E-state index in [1.165, 1.54) is 0 Å². The number of fused-ring (bicyclic) bond motifs is 2. The van der Waals surface area contributed by atoms with E-state index >= 15 is 0 Å². The molecule has 0 saturated carbocycles. The minimum absolute atomic E-state index is 0.0253. The zero-order valence-corrected chi connectivity index (χ0v) is 14.8. The first-order valence-corrected chi connectivity index (χ1v) is 9.00. The Morgan fingerprint density at radius 3 is 3.15 bits per heavy atom. The molecule has 7 heteroatoms. The number of para-hydroxylation sites is 1. The van der Waals surface area contributed by atoms with Gasteiger partial charge in [0.1, 0.15) is 11.6 Å². The van der Waals surface area contributed by atoms with Crippen LogP contribution in [-0.4, -0.2) is 43.4 Å². The van der Waals surface area contributed by atoms with E-state index < -0.39 is 0 Å². The zero-order valence-electron chi connectivity index (χ0n) is 14.8. The molecule has 0 fully saturated rings. The first-order valence-electron chi connectivity index (χ1n) is 9.00. The lowest BCUT2D eigenvalue weighted by atomic mass is 9.97. The highest BCUT2D eigenvalue weighted by atomic mass is 16.3. The summed E-state index contributed by atoms with van der Waals surface area (Å²) in [6.45, 7) is 2.32. The van der Waals surface area contributed by atoms with Crippen molar-refractivity contribution >= 4 is 16.8 Å². The van der Waals surface area contributed by atoms with Crippen LogP contribution < -0.4 is 5.32 Å². The lowest BCUT2D eigenvalue weighted by Gasteiger charge is -2.24. The molecule has 0 bridgehead atoms. The second-order valence-corrected chi connectivity index (χ2v) is 6.94. The molecule has 0 saturated heterocycles. The average Bonchev–Trinajstić information content (AvgIpc) is 3.22.